The van der Waals surface area contributed by atoms with E-state index in [2.05, 4.69) is 24.1 Å². The van der Waals surface area contributed by atoms with Crippen LogP contribution in [0, 0.1) is 5.92 Å². The van der Waals surface area contributed by atoms with Gasteiger partial charge in [0.2, 0.25) is 0 Å². The Balaban J connectivity index is 0.00000200. The summed E-state index contributed by atoms with van der Waals surface area (Å²) in [6.45, 7) is 10.4. The molecule has 0 atom stereocenters. The SMILES string of the molecule is CC(C)CCCN1CCC(OC2CC[N-]CC2)CC1.[Y]. The van der Waals surface area contributed by atoms with Crippen molar-refractivity contribution >= 4 is 0 Å². The fourth-order valence-electron chi connectivity index (χ4n) is 3.13. The molecule has 0 unspecified atom stereocenters. The minimum Gasteiger partial charge on any atom is -0.662 e. The normalized spacial score (nSPS) is 22.9. The third-order valence-electron chi connectivity index (χ3n) is 4.39. The second-order valence-corrected chi connectivity index (χ2v) is 6.58. The standard InChI is InChI=1S/C16H31N2O.Y/c1-14(2)4-3-11-18-12-7-16(8-13-18)19-15-5-9-17-10-6-15;/h14-16H,3-13H2,1-2H3;/q-1;. The Labute approximate surface area is 150 Å². The maximum Gasteiger partial charge on any atom is 0.0603 e. The Hall–Kier alpha value is 0.984. The molecule has 0 aromatic carbocycles. The Morgan fingerprint density at radius 3 is 2.25 bits per heavy atom. The van der Waals surface area contributed by atoms with Crippen molar-refractivity contribution in [2.75, 3.05) is 32.7 Å². The van der Waals surface area contributed by atoms with E-state index in [4.69, 9.17) is 4.74 Å². The summed E-state index contributed by atoms with van der Waals surface area (Å²) in [6.07, 6.45) is 8.49. The van der Waals surface area contributed by atoms with Gasteiger partial charge < -0.3 is 15.0 Å². The Morgan fingerprint density at radius 1 is 1.05 bits per heavy atom. The van der Waals surface area contributed by atoms with Gasteiger partial charge in [0.25, 0.3) is 0 Å². The zero-order chi connectivity index (χ0) is 13.5. The number of nitrogens with zero attached hydrogens (tertiary/aromatic N) is 2. The van der Waals surface area contributed by atoms with Gasteiger partial charge in [0.15, 0.2) is 0 Å². The van der Waals surface area contributed by atoms with Crippen LogP contribution in [0.25, 0.3) is 5.32 Å². The molecule has 4 heteroatoms. The molecule has 2 saturated heterocycles. The molecule has 0 aromatic heterocycles. The smallest absolute Gasteiger partial charge is 0.0603 e. The van der Waals surface area contributed by atoms with Crippen molar-refractivity contribution in [1.29, 1.82) is 0 Å². The largest absolute Gasteiger partial charge is 0.662 e. The van der Waals surface area contributed by atoms with Gasteiger partial charge in [0.1, 0.15) is 0 Å². The summed E-state index contributed by atoms with van der Waals surface area (Å²) in [5, 5.41) is 4.39. The van der Waals surface area contributed by atoms with Crippen LogP contribution in [-0.4, -0.2) is 49.8 Å². The molecule has 2 heterocycles. The first-order chi connectivity index (χ1) is 9.24. The van der Waals surface area contributed by atoms with Gasteiger partial charge in [-0.2, -0.15) is 0 Å². The van der Waals surface area contributed by atoms with E-state index >= 15 is 0 Å². The van der Waals surface area contributed by atoms with Gasteiger partial charge >= 0.3 is 0 Å². The van der Waals surface area contributed by atoms with E-state index in [9.17, 15) is 0 Å². The number of hydrogen-bond donors (Lipinski definition) is 0. The van der Waals surface area contributed by atoms with Crippen LogP contribution < -0.4 is 0 Å². The molecule has 2 aliphatic heterocycles. The quantitative estimate of drug-likeness (QED) is 0.729. The van der Waals surface area contributed by atoms with Crippen molar-refractivity contribution < 1.29 is 37.4 Å². The molecule has 115 valence electrons. The second kappa shape index (κ2) is 10.7. The molecule has 3 nitrogen and oxygen atoms in total. The predicted molar refractivity (Wildman–Crippen MR) is 80.7 cm³/mol. The van der Waals surface area contributed by atoms with Gasteiger partial charge in [-0.1, -0.05) is 13.8 Å². The van der Waals surface area contributed by atoms with E-state index in [-0.39, 0.29) is 32.7 Å². The van der Waals surface area contributed by atoms with Crippen molar-refractivity contribution in [3.05, 3.63) is 5.32 Å². The maximum atomic E-state index is 6.24. The van der Waals surface area contributed by atoms with Gasteiger partial charge in [-0.05, 0) is 51.0 Å². The van der Waals surface area contributed by atoms with Crippen molar-refractivity contribution in [1.82, 2.24) is 4.90 Å². The molecule has 0 N–H and O–H groups in total. The van der Waals surface area contributed by atoms with Gasteiger partial charge in [-0.15, -0.1) is 13.1 Å². The molecule has 0 amide bonds. The van der Waals surface area contributed by atoms with Crippen molar-refractivity contribution in [3.8, 4) is 0 Å². The maximum absolute atomic E-state index is 6.24. The molecule has 0 saturated carbocycles. The van der Waals surface area contributed by atoms with Crippen LogP contribution in [0.4, 0.5) is 0 Å². The molecule has 0 bridgehead atoms. The van der Waals surface area contributed by atoms with E-state index < -0.39 is 0 Å². The molecule has 2 fully saturated rings. The first-order valence-corrected chi connectivity index (χ1v) is 8.25. The molecule has 0 spiro atoms. The van der Waals surface area contributed by atoms with Crippen LogP contribution in [0.15, 0.2) is 0 Å². The molecule has 20 heavy (non-hydrogen) atoms. The van der Waals surface area contributed by atoms with Gasteiger partial charge in [0.05, 0.1) is 12.2 Å². The van der Waals surface area contributed by atoms with Crippen LogP contribution in [0.5, 0.6) is 0 Å². The molecular weight excluding hydrogens is 325 g/mol. The average molecular weight is 356 g/mol. The fraction of sp³-hybridized carbons (Fsp3) is 1.00. The van der Waals surface area contributed by atoms with Crippen LogP contribution in [0.1, 0.15) is 52.4 Å². The predicted octanol–water partition coefficient (Wildman–Crippen LogP) is 3.44. The third-order valence-corrected chi connectivity index (χ3v) is 4.39. The molecule has 2 aliphatic rings. The zero-order valence-electron chi connectivity index (χ0n) is 13.4. The zero-order valence-corrected chi connectivity index (χ0v) is 16.2. The van der Waals surface area contributed by atoms with Crippen LogP contribution >= 0.6 is 0 Å². The number of hydrogen-bond acceptors (Lipinski definition) is 2. The monoisotopic (exact) mass is 356 g/mol. The van der Waals surface area contributed by atoms with Crippen LogP contribution in [-0.2, 0) is 37.4 Å². The third kappa shape index (κ3) is 7.31. The summed E-state index contributed by atoms with van der Waals surface area (Å²) in [7, 11) is 0. The Bertz CT molecular complexity index is 237. The number of rotatable bonds is 6. The van der Waals surface area contributed by atoms with Gasteiger partial charge in [-0.25, -0.2) is 0 Å². The molecular formula is C16H31N2OY-. The average Bonchev–Trinajstić information content (AvgIpc) is 2.42. The summed E-state index contributed by atoms with van der Waals surface area (Å²) in [5.41, 5.74) is 0. The number of ether oxygens (including phenoxy) is 1. The Morgan fingerprint density at radius 2 is 1.65 bits per heavy atom. The summed E-state index contributed by atoms with van der Waals surface area (Å²) in [5.74, 6) is 0.845. The molecule has 0 aliphatic carbocycles. The summed E-state index contributed by atoms with van der Waals surface area (Å²) >= 11 is 0. The second-order valence-electron chi connectivity index (χ2n) is 6.58. The van der Waals surface area contributed by atoms with Crippen molar-refractivity contribution in [2.45, 2.75) is 64.6 Å². The molecule has 1 radical (unpaired) electrons. The summed E-state index contributed by atoms with van der Waals surface area (Å²) in [4.78, 5) is 2.62. The number of likely N-dealkylation sites (tertiary alicyclic amines) is 1. The van der Waals surface area contributed by atoms with E-state index in [0.717, 1.165) is 31.8 Å². The van der Waals surface area contributed by atoms with E-state index in [0.29, 0.717) is 12.2 Å². The first-order valence-electron chi connectivity index (χ1n) is 8.25. The van der Waals surface area contributed by atoms with Crippen molar-refractivity contribution in [3.63, 3.8) is 0 Å². The van der Waals surface area contributed by atoms with Crippen LogP contribution in [0.3, 0.4) is 0 Å². The first kappa shape index (κ1) is 19.0. The van der Waals surface area contributed by atoms with E-state index in [1.807, 2.05) is 0 Å². The van der Waals surface area contributed by atoms with E-state index in [1.54, 1.807) is 0 Å². The molecule has 0 aromatic rings. The number of piperidine rings is 2. The fourth-order valence-corrected chi connectivity index (χ4v) is 3.13. The van der Waals surface area contributed by atoms with E-state index in [1.165, 1.54) is 45.3 Å². The molecule has 2 rings (SSSR count). The van der Waals surface area contributed by atoms with Crippen LogP contribution in [0.2, 0.25) is 0 Å². The Kier molecular flexibility index (Phi) is 10.2. The minimum atomic E-state index is 0. The van der Waals surface area contributed by atoms with Gasteiger partial charge in [-0.3, -0.25) is 0 Å². The van der Waals surface area contributed by atoms with Crippen molar-refractivity contribution in [2.24, 2.45) is 5.92 Å². The minimum absolute atomic E-state index is 0. The van der Waals surface area contributed by atoms with Gasteiger partial charge in [0, 0.05) is 45.8 Å². The topological polar surface area (TPSA) is 26.6 Å². The summed E-state index contributed by atoms with van der Waals surface area (Å²) in [6, 6.07) is 0. The summed E-state index contributed by atoms with van der Waals surface area (Å²) < 4.78 is 6.24.